The van der Waals surface area contributed by atoms with E-state index >= 15 is 0 Å². The number of halogens is 1. The number of carbonyl (C=O) groups is 1. The molecule has 1 amide bonds. The van der Waals surface area contributed by atoms with Gasteiger partial charge in [-0.25, -0.2) is 14.8 Å². The molecule has 0 N–H and O–H groups in total. The molecule has 7 heteroatoms. The van der Waals surface area contributed by atoms with E-state index < -0.39 is 5.60 Å². The molecule has 1 saturated heterocycles. The van der Waals surface area contributed by atoms with E-state index in [0.717, 1.165) is 18.8 Å². The summed E-state index contributed by atoms with van der Waals surface area (Å²) in [4.78, 5) is 24.0. The van der Waals surface area contributed by atoms with Crippen LogP contribution < -0.4 is 0 Å². The summed E-state index contributed by atoms with van der Waals surface area (Å²) in [5, 5.41) is 0.264. The number of nitrogens with zero attached hydrogens (tertiary/aromatic N) is 4. The first-order chi connectivity index (χ1) is 9.83. The summed E-state index contributed by atoms with van der Waals surface area (Å²) >= 11 is 5.78. The number of aromatic nitrogens is 2. The van der Waals surface area contributed by atoms with Crippen LogP contribution >= 0.6 is 11.6 Å². The lowest BCUT2D eigenvalue weighted by atomic mass is 10.2. The Hall–Kier alpha value is -1.40. The SMILES string of the molecule is CC(C)(C)OC(=O)N1CCN(Cc2ccnc(Cl)n2)CC1. The topological polar surface area (TPSA) is 58.6 Å². The van der Waals surface area contributed by atoms with Crippen LogP contribution in [0.5, 0.6) is 0 Å². The third kappa shape index (κ3) is 5.13. The van der Waals surface area contributed by atoms with Gasteiger partial charge >= 0.3 is 6.09 Å². The molecule has 6 nitrogen and oxygen atoms in total. The average Bonchev–Trinajstić information content (AvgIpc) is 2.37. The van der Waals surface area contributed by atoms with Gasteiger partial charge in [-0.15, -0.1) is 0 Å². The minimum atomic E-state index is -0.452. The first-order valence-electron chi connectivity index (χ1n) is 7.01. The zero-order valence-corrected chi connectivity index (χ0v) is 13.4. The largest absolute Gasteiger partial charge is 0.444 e. The van der Waals surface area contributed by atoms with Crippen molar-refractivity contribution in [2.75, 3.05) is 26.2 Å². The van der Waals surface area contributed by atoms with Gasteiger partial charge in [-0.05, 0) is 38.4 Å². The van der Waals surface area contributed by atoms with E-state index in [-0.39, 0.29) is 11.4 Å². The van der Waals surface area contributed by atoms with Gasteiger partial charge in [0.05, 0.1) is 5.69 Å². The fourth-order valence-corrected chi connectivity index (χ4v) is 2.27. The Morgan fingerprint density at radius 2 is 2.00 bits per heavy atom. The molecule has 1 aromatic rings. The summed E-state index contributed by atoms with van der Waals surface area (Å²) < 4.78 is 5.38. The van der Waals surface area contributed by atoms with E-state index in [9.17, 15) is 4.79 Å². The molecule has 0 radical (unpaired) electrons. The van der Waals surface area contributed by atoms with Crippen molar-refractivity contribution in [1.29, 1.82) is 0 Å². The highest BCUT2D eigenvalue weighted by Crippen LogP contribution is 2.13. The first-order valence-corrected chi connectivity index (χ1v) is 7.39. The maximum Gasteiger partial charge on any atom is 0.410 e. The minimum absolute atomic E-state index is 0.243. The van der Waals surface area contributed by atoms with Crippen molar-refractivity contribution in [2.45, 2.75) is 32.9 Å². The minimum Gasteiger partial charge on any atom is -0.444 e. The monoisotopic (exact) mass is 312 g/mol. The maximum atomic E-state index is 12.0. The van der Waals surface area contributed by atoms with Crippen LogP contribution in [0.2, 0.25) is 5.28 Å². The summed E-state index contributed by atoms with van der Waals surface area (Å²) in [7, 11) is 0. The molecular weight excluding hydrogens is 292 g/mol. The molecule has 0 saturated carbocycles. The zero-order valence-electron chi connectivity index (χ0n) is 12.7. The molecule has 1 fully saturated rings. The smallest absolute Gasteiger partial charge is 0.410 e. The summed E-state index contributed by atoms with van der Waals surface area (Å²) in [6.07, 6.45) is 1.41. The molecule has 2 rings (SSSR count). The van der Waals surface area contributed by atoms with Crippen LogP contribution in [-0.2, 0) is 11.3 Å². The van der Waals surface area contributed by atoms with Crippen LogP contribution in [0.25, 0.3) is 0 Å². The van der Waals surface area contributed by atoms with Gasteiger partial charge in [-0.2, -0.15) is 0 Å². The van der Waals surface area contributed by atoms with Crippen molar-refractivity contribution in [1.82, 2.24) is 19.8 Å². The molecule has 1 aliphatic rings. The highest BCUT2D eigenvalue weighted by Gasteiger charge is 2.25. The number of hydrogen-bond acceptors (Lipinski definition) is 5. The number of hydrogen-bond donors (Lipinski definition) is 0. The molecule has 0 unspecified atom stereocenters. The summed E-state index contributed by atoms with van der Waals surface area (Å²) in [5.74, 6) is 0. The summed E-state index contributed by atoms with van der Waals surface area (Å²) in [6.45, 7) is 9.24. The Labute approximate surface area is 130 Å². The van der Waals surface area contributed by atoms with Crippen LogP contribution in [-0.4, -0.2) is 57.6 Å². The quantitative estimate of drug-likeness (QED) is 0.783. The van der Waals surface area contributed by atoms with E-state index in [1.165, 1.54) is 0 Å². The number of amides is 1. The standard InChI is InChI=1S/C14H21ClN4O2/c1-14(2,3)21-13(20)19-8-6-18(7-9-19)10-11-4-5-16-12(15)17-11/h4-5H,6-10H2,1-3H3. The van der Waals surface area contributed by atoms with Crippen molar-refractivity contribution >= 4 is 17.7 Å². The second kappa shape index (κ2) is 6.58. The Morgan fingerprint density at radius 1 is 1.33 bits per heavy atom. The Kier molecular flexibility index (Phi) is 5.00. The molecule has 21 heavy (non-hydrogen) atoms. The number of carbonyl (C=O) groups excluding carboxylic acids is 1. The lowest BCUT2D eigenvalue weighted by Crippen LogP contribution is -2.49. The van der Waals surface area contributed by atoms with Crippen LogP contribution in [0.15, 0.2) is 12.3 Å². The predicted molar refractivity (Wildman–Crippen MR) is 80.1 cm³/mol. The summed E-state index contributed by atoms with van der Waals surface area (Å²) in [6, 6.07) is 1.85. The van der Waals surface area contributed by atoms with Crippen molar-refractivity contribution in [2.24, 2.45) is 0 Å². The lowest BCUT2D eigenvalue weighted by molar-refractivity contribution is 0.0138. The molecule has 1 aromatic heterocycles. The molecule has 1 aliphatic heterocycles. The van der Waals surface area contributed by atoms with Crippen LogP contribution in [0.1, 0.15) is 26.5 Å². The van der Waals surface area contributed by atoms with Gasteiger partial charge in [0.25, 0.3) is 0 Å². The maximum absolute atomic E-state index is 12.0. The summed E-state index contributed by atoms with van der Waals surface area (Å²) in [5.41, 5.74) is 0.437. The predicted octanol–water partition coefficient (Wildman–Crippen LogP) is 2.18. The molecule has 0 aromatic carbocycles. The van der Waals surface area contributed by atoms with E-state index in [0.29, 0.717) is 19.6 Å². The number of piperazine rings is 1. The fraction of sp³-hybridized carbons (Fsp3) is 0.643. The van der Waals surface area contributed by atoms with Gasteiger partial charge in [0, 0.05) is 38.9 Å². The van der Waals surface area contributed by atoms with Gasteiger partial charge in [0.1, 0.15) is 5.60 Å². The number of rotatable bonds is 2. The van der Waals surface area contributed by atoms with Gasteiger partial charge in [-0.3, -0.25) is 4.90 Å². The first kappa shape index (κ1) is 16.0. The van der Waals surface area contributed by atoms with Crippen LogP contribution in [0.4, 0.5) is 4.79 Å². The zero-order chi connectivity index (χ0) is 15.5. The second-order valence-corrected chi connectivity index (χ2v) is 6.40. The molecule has 0 aliphatic carbocycles. The van der Waals surface area contributed by atoms with E-state index in [1.807, 2.05) is 26.8 Å². The van der Waals surface area contributed by atoms with Crippen LogP contribution in [0.3, 0.4) is 0 Å². The molecular formula is C14H21ClN4O2. The van der Waals surface area contributed by atoms with Crippen molar-refractivity contribution in [3.8, 4) is 0 Å². The highest BCUT2D eigenvalue weighted by atomic mass is 35.5. The van der Waals surface area contributed by atoms with Gasteiger partial charge in [-0.1, -0.05) is 0 Å². The fourth-order valence-electron chi connectivity index (χ4n) is 2.10. The van der Waals surface area contributed by atoms with Gasteiger partial charge < -0.3 is 9.64 Å². The molecule has 2 heterocycles. The molecule has 0 bridgehead atoms. The second-order valence-electron chi connectivity index (χ2n) is 6.06. The normalized spacial score (nSPS) is 16.9. The molecule has 116 valence electrons. The van der Waals surface area contributed by atoms with E-state index in [2.05, 4.69) is 14.9 Å². The number of ether oxygens (including phenoxy) is 1. The van der Waals surface area contributed by atoms with E-state index in [4.69, 9.17) is 16.3 Å². The van der Waals surface area contributed by atoms with Crippen molar-refractivity contribution < 1.29 is 9.53 Å². The third-order valence-electron chi connectivity index (χ3n) is 3.09. The molecule has 0 atom stereocenters. The van der Waals surface area contributed by atoms with Crippen molar-refractivity contribution in [3.05, 3.63) is 23.2 Å². The van der Waals surface area contributed by atoms with Gasteiger partial charge in [0.15, 0.2) is 0 Å². The third-order valence-corrected chi connectivity index (χ3v) is 3.28. The Bertz CT molecular complexity index is 496. The average molecular weight is 313 g/mol. The van der Waals surface area contributed by atoms with Crippen molar-refractivity contribution in [3.63, 3.8) is 0 Å². The van der Waals surface area contributed by atoms with Crippen LogP contribution in [0, 0.1) is 0 Å². The highest BCUT2D eigenvalue weighted by molar-refractivity contribution is 6.28. The molecule has 0 spiro atoms. The Morgan fingerprint density at radius 3 is 2.57 bits per heavy atom. The van der Waals surface area contributed by atoms with E-state index in [1.54, 1.807) is 11.1 Å². The Balaban J connectivity index is 1.82. The lowest BCUT2D eigenvalue weighted by Gasteiger charge is -2.35. The van der Waals surface area contributed by atoms with Gasteiger partial charge in [0.2, 0.25) is 5.28 Å².